The van der Waals surface area contributed by atoms with Gasteiger partial charge >= 0.3 is 6.03 Å². The maximum atomic E-state index is 13.4. The number of amides is 3. The van der Waals surface area contributed by atoms with Gasteiger partial charge in [-0.15, -0.1) is 0 Å². The molecule has 1 fully saturated rings. The summed E-state index contributed by atoms with van der Waals surface area (Å²) in [5.74, 6) is -0.00650. The van der Waals surface area contributed by atoms with Crippen molar-refractivity contribution in [3.63, 3.8) is 0 Å². The Morgan fingerprint density at radius 2 is 2.08 bits per heavy atom. The molecule has 0 atom stereocenters. The van der Waals surface area contributed by atoms with Crippen LogP contribution in [0, 0.1) is 5.82 Å². The molecule has 136 valence electrons. The Kier molecular flexibility index (Phi) is 5.73. The summed E-state index contributed by atoms with van der Waals surface area (Å²) in [4.78, 5) is 25.7. The van der Waals surface area contributed by atoms with E-state index in [4.69, 9.17) is 4.74 Å². The van der Waals surface area contributed by atoms with Crippen molar-refractivity contribution >= 4 is 11.9 Å². The monoisotopic (exact) mass is 349 g/mol. The van der Waals surface area contributed by atoms with E-state index >= 15 is 0 Å². The van der Waals surface area contributed by atoms with Gasteiger partial charge in [-0.1, -0.05) is 19.3 Å². The number of fused-ring (bicyclic) bond motifs is 1. The molecule has 0 radical (unpaired) electrons. The third-order valence-corrected chi connectivity index (χ3v) is 4.70. The van der Waals surface area contributed by atoms with Gasteiger partial charge in [-0.25, -0.2) is 9.18 Å². The van der Waals surface area contributed by atoms with E-state index in [2.05, 4.69) is 10.6 Å². The highest BCUT2D eigenvalue weighted by Gasteiger charge is 2.22. The first-order valence-corrected chi connectivity index (χ1v) is 8.85. The molecule has 3 rings (SSSR count). The molecule has 0 unspecified atom stereocenters. The minimum absolute atomic E-state index is 0.0765. The Bertz CT molecular complexity index is 632. The maximum Gasteiger partial charge on any atom is 0.315 e. The molecule has 1 saturated carbocycles. The van der Waals surface area contributed by atoms with Crippen molar-refractivity contribution in [2.75, 3.05) is 19.7 Å². The topological polar surface area (TPSA) is 70.7 Å². The number of hydrogen-bond donors (Lipinski definition) is 2. The SMILES string of the molecule is O=C(NCCN1Cc2cc(F)ccc2OCC1=O)NC1CCCCC1. The number of urea groups is 1. The molecule has 1 aromatic rings. The van der Waals surface area contributed by atoms with Crippen molar-refractivity contribution in [3.8, 4) is 5.75 Å². The molecule has 1 aliphatic carbocycles. The van der Waals surface area contributed by atoms with E-state index in [0.717, 1.165) is 25.7 Å². The van der Waals surface area contributed by atoms with E-state index in [1.807, 2.05) is 0 Å². The molecular formula is C18H24FN3O3. The zero-order valence-electron chi connectivity index (χ0n) is 14.2. The number of nitrogens with zero attached hydrogens (tertiary/aromatic N) is 1. The fourth-order valence-corrected chi connectivity index (χ4v) is 3.33. The number of ether oxygens (including phenoxy) is 1. The highest BCUT2D eigenvalue weighted by Crippen LogP contribution is 2.24. The van der Waals surface area contributed by atoms with Gasteiger partial charge in [0.15, 0.2) is 6.61 Å². The first-order chi connectivity index (χ1) is 12.1. The molecule has 0 bridgehead atoms. The van der Waals surface area contributed by atoms with Crippen LogP contribution in [-0.4, -0.2) is 42.6 Å². The van der Waals surface area contributed by atoms with Gasteiger partial charge in [0.25, 0.3) is 5.91 Å². The lowest BCUT2D eigenvalue weighted by Crippen LogP contribution is -2.46. The highest BCUT2D eigenvalue weighted by molar-refractivity contribution is 5.79. The summed E-state index contributed by atoms with van der Waals surface area (Å²) in [5.41, 5.74) is 0.637. The van der Waals surface area contributed by atoms with Crippen molar-refractivity contribution in [3.05, 3.63) is 29.6 Å². The molecule has 2 aliphatic rings. The van der Waals surface area contributed by atoms with E-state index < -0.39 is 0 Å². The Morgan fingerprint density at radius 1 is 1.28 bits per heavy atom. The molecule has 2 N–H and O–H groups in total. The summed E-state index contributed by atoms with van der Waals surface area (Å²) >= 11 is 0. The summed E-state index contributed by atoms with van der Waals surface area (Å²) in [6.07, 6.45) is 5.60. The third kappa shape index (κ3) is 4.84. The Balaban J connectivity index is 1.48. The van der Waals surface area contributed by atoms with Crippen molar-refractivity contribution in [1.82, 2.24) is 15.5 Å². The number of halogens is 1. The number of rotatable bonds is 4. The van der Waals surface area contributed by atoms with Gasteiger partial charge in [-0.2, -0.15) is 0 Å². The molecule has 7 heteroatoms. The van der Waals surface area contributed by atoms with E-state index in [1.165, 1.54) is 24.6 Å². The summed E-state index contributed by atoms with van der Waals surface area (Å²) in [6.45, 7) is 0.899. The zero-order valence-corrected chi connectivity index (χ0v) is 14.2. The van der Waals surface area contributed by atoms with E-state index in [0.29, 0.717) is 24.4 Å². The number of hydrogen-bond acceptors (Lipinski definition) is 3. The van der Waals surface area contributed by atoms with Crippen LogP contribution in [0.2, 0.25) is 0 Å². The Labute approximate surface area is 146 Å². The van der Waals surface area contributed by atoms with Crippen LogP contribution >= 0.6 is 0 Å². The van der Waals surface area contributed by atoms with Gasteiger partial charge < -0.3 is 20.3 Å². The van der Waals surface area contributed by atoms with Gasteiger partial charge in [0.1, 0.15) is 11.6 Å². The quantitative estimate of drug-likeness (QED) is 0.875. The minimum Gasteiger partial charge on any atom is -0.483 e. The zero-order chi connectivity index (χ0) is 17.6. The number of carbonyl (C=O) groups excluding carboxylic acids is 2. The van der Waals surface area contributed by atoms with Crippen molar-refractivity contribution in [2.24, 2.45) is 0 Å². The summed E-state index contributed by atoms with van der Waals surface area (Å²) < 4.78 is 18.8. The van der Waals surface area contributed by atoms with Gasteiger partial charge in [-0.3, -0.25) is 4.79 Å². The molecule has 1 heterocycles. The molecule has 6 nitrogen and oxygen atoms in total. The van der Waals surface area contributed by atoms with Gasteiger partial charge in [0.2, 0.25) is 0 Å². The Hall–Kier alpha value is -2.31. The fourth-order valence-electron chi connectivity index (χ4n) is 3.33. The predicted molar refractivity (Wildman–Crippen MR) is 90.7 cm³/mol. The van der Waals surface area contributed by atoms with Crippen LogP contribution in [0.15, 0.2) is 18.2 Å². The largest absolute Gasteiger partial charge is 0.483 e. The van der Waals surface area contributed by atoms with E-state index in [1.54, 1.807) is 4.90 Å². The molecule has 0 spiro atoms. The highest BCUT2D eigenvalue weighted by atomic mass is 19.1. The second-order valence-electron chi connectivity index (χ2n) is 6.59. The second kappa shape index (κ2) is 8.18. The molecule has 0 aromatic heterocycles. The average molecular weight is 349 g/mol. The molecule has 1 aliphatic heterocycles. The first kappa shape index (κ1) is 17.5. The number of benzene rings is 1. The third-order valence-electron chi connectivity index (χ3n) is 4.70. The van der Waals surface area contributed by atoms with Crippen LogP contribution in [0.3, 0.4) is 0 Å². The van der Waals surface area contributed by atoms with Crippen LogP contribution in [0.5, 0.6) is 5.75 Å². The molecule has 3 amide bonds. The van der Waals surface area contributed by atoms with E-state index in [9.17, 15) is 14.0 Å². The maximum absolute atomic E-state index is 13.4. The van der Waals surface area contributed by atoms with Gasteiger partial charge in [0, 0.05) is 31.2 Å². The van der Waals surface area contributed by atoms with E-state index in [-0.39, 0.29) is 36.9 Å². The number of carbonyl (C=O) groups is 2. The lowest BCUT2D eigenvalue weighted by Gasteiger charge is -2.24. The fraction of sp³-hybridized carbons (Fsp3) is 0.556. The standard InChI is InChI=1S/C18H24FN3O3/c19-14-6-7-16-13(10-14)11-22(17(23)12-25-16)9-8-20-18(24)21-15-4-2-1-3-5-15/h6-7,10,15H,1-5,8-9,11-12H2,(H2,20,21,24). The number of nitrogens with one attached hydrogen (secondary N) is 2. The minimum atomic E-state index is -0.360. The summed E-state index contributed by atoms with van der Waals surface area (Å²) in [5, 5.41) is 5.77. The van der Waals surface area contributed by atoms with Crippen LogP contribution in [0.4, 0.5) is 9.18 Å². The van der Waals surface area contributed by atoms with Gasteiger partial charge in [-0.05, 0) is 31.0 Å². The van der Waals surface area contributed by atoms with Crippen molar-refractivity contribution in [2.45, 2.75) is 44.7 Å². The lowest BCUT2D eigenvalue weighted by molar-refractivity contribution is -0.133. The summed E-state index contributed by atoms with van der Waals surface area (Å²) in [7, 11) is 0. The van der Waals surface area contributed by atoms with Crippen LogP contribution in [0.25, 0.3) is 0 Å². The average Bonchev–Trinajstić information content (AvgIpc) is 2.75. The van der Waals surface area contributed by atoms with Crippen molar-refractivity contribution in [1.29, 1.82) is 0 Å². The molecule has 1 aromatic carbocycles. The van der Waals surface area contributed by atoms with Crippen LogP contribution < -0.4 is 15.4 Å². The van der Waals surface area contributed by atoms with Crippen LogP contribution in [0.1, 0.15) is 37.7 Å². The van der Waals surface area contributed by atoms with Crippen molar-refractivity contribution < 1.29 is 18.7 Å². The first-order valence-electron chi connectivity index (χ1n) is 8.85. The molecule has 0 saturated heterocycles. The lowest BCUT2D eigenvalue weighted by atomic mass is 9.96. The second-order valence-corrected chi connectivity index (χ2v) is 6.59. The predicted octanol–water partition coefficient (Wildman–Crippen LogP) is 2.18. The summed E-state index contributed by atoms with van der Waals surface area (Å²) in [6, 6.07) is 4.28. The normalized spacial score (nSPS) is 18.1. The van der Waals surface area contributed by atoms with Gasteiger partial charge in [0.05, 0.1) is 0 Å². The smallest absolute Gasteiger partial charge is 0.315 e. The molecular weight excluding hydrogens is 325 g/mol. The molecule has 25 heavy (non-hydrogen) atoms. The Morgan fingerprint density at radius 3 is 2.88 bits per heavy atom. The van der Waals surface area contributed by atoms with Crippen LogP contribution in [-0.2, 0) is 11.3 Å².